The first-order valence-electron chi connectivity index (χ1n) is 17.1. The Hall–Kier alpha value is -5.85. The van der Waals surface area contributed by atoms with Crippen molar-refractivity contribution in [3.05, 3.63) is 192 Å². The maximum Gasteiger partial charge on any atom is 0.123 e. The molecule has 0 saturated heterocycles. The van der Waals surface area contributed by atoms with Gasteiger partial charge < -0.3 is 4.90 Å². The molecule has 0 fully saturated rings. The molecule has 2 nitrogen and oxygen atoms in total. The zero-order valence-corrected chi connectivity index (χ0v) is 30.5. The van der Waals surface area contributed by atoms with E-state index in [1.54, 1.807) is 34.0 Å². The maximum atomic E-state index is 4.46. The van der Waals surface area contributed by atoms with Crippen molar-refractivity contribution in [2.45, 2.75) is 0 Å². The van der Waals surface area contributed by atoms with Gasteiger partial charge in [-0.2, -0.15) is 0 Å². The standard InChI is InChI=1S/C47H32N2S3/c1-3-45(50-30-1)39-11-5-33(6-12-39)36-17-23-42(24-18-36)49(43-25-19-37(20-26-43)34-7-13-40(14-8-34)46-4-2-31-51-46)44-27-21-38(22-28-44)35-9-15-41(16-10-35)47-48-29-32-52-47/h1-32H. The molecule has 0 unspecified atom stereocenters. The first kappa shape index (κ1) is 32.1. The third kappa shape index (κ3) is 6.65. The van der Waals surface area contributed by atoms with Crippen LogP contribution in [0.4, 0.5) is 17.1 Å². The predicted molar refractivity (Wildman–Crippen MR) is 225 cm³/mol. The van der Waals surface area contributed by atoms with Crippen LogP contribution >= 0.6 is 34.0 Å². The van der Waals surface area contributed by atoms with E-state index in [2.05, 4.69) is 191 Å². The van der Waals surface area contributed by atoms with Crippen LogP contribution in [0, 0.1) is 0 Å². The molecule has 0 aliphatic carbocycles. The number of rotatable bonds is 9. The molecule has 0 bridgehead atoms. The van der Waals surface area contributed by atoms with E-state index in [0.29, 0.717) is 0 Å². The molecular formula is C47H32N2S3. The minimum atomic E-state index is 1.04. The van der Waals surface area contributed by atoms with Crippen LogP contribution in [-0.4, -0.2) is 4.98 Å². The second-order valence-electron chi connectivity index (χ2n) is 12.5. The number of thiophene rings is 2. The summed E-state index contributed by atoms with van der Waals surface area (Å²) in [6.07, 6.45) is 1.85. The summed E-state index contributed by atoms with van der Waals surface area (Å²) in [6, 6.07) is 61.6. The van der Waals surface area contributed by atoms with Crippen LogP contribution in [0.3, 0.4) is 0 Å². The topological polar surface area (TPSA) is 16.1 Å². The highest BCUT2D eigenvalue weighted by molar-refractivity contribution is 7.14. The van der Waals surface area contributed by atoms with Crippen LogP contribution in [0.25, 0.3) is 64.8 Å². The molecule has 3 aromatic heterocycles. The number of benzene rings is 6. The summed E-state index contributed by atoms with van der Waals surface area (Å²) < 4.78 is 0. The number of thiazole rings is 1. The van der Waals surface area contributed by atoms with Crippen LogP contribution in [0.1, 0.15) is 0 Å². The van der Waals surface area contributed by atoms with Crippen LogP contribution in [0.15, 0.2) is 192 Å². The lowest BCUT2D eigenvalue weighted by molar-refractivity contribution is 1.28. The molecule has 0 atom stereocenters. The SMILES string of the molecule is c1csc(-c2ccc(-c3ccc(N(c4ccc(-c5ccc(-c6cccs6)cc5)cc4)c4ccc(-c5ccc(-c6nccs6)cc5)cc4)cc3)cc2)c1. The molecule has 6 aromatic carbocycles. The quantitative estimate of drug-likeness (QED) is 0.148. The van der Waals surface area contributed by atoms with E-state index in [0.717, 1.165) is 27.6 Å². The zero-order valence-electron chi connectivity index (χ0n) is 28.1. The van der Waals surface area contributed by atoms with E-state index in [1.807, 2.05) is 11.6 Å². The van der Waals surface area contributed by atoms with Crippen molar-refractivity contribution >= 4 is 51.1 Å². The van der Waals surface area contributed by atoms with Crippen LogP contribution in [-0.2, 0) is 0 Å². The Morgan fingerprint density at radius 1 is 0.308 bits per heavy atom. The van der Waals surface area contributed by atoms with Crippen molar-refractivity contribution in [1.29, 1.82) is 0 Å². The third-order valence-corrected chi connectivity index (χ3v) is 12.0. The molecule has 0 radical (unpaired) electrons. The Morgan fingerprint density at radius 3 is 0.942 bits per heavy atom. The first-order valence-corrected chi connectivity index (χ1v) is 19.8. The van der Waals surface area contributed by atoms with E-state index in [1.165, 1.54) is 54.3 Å². The van der Waals surface area contributed by atoms with Gasteiger partial charge in [0.1, 0.15) is 5.01 Å². The largest absolute Gasteiger partial charge is 0.311 e. The fourth-order valence-corrected chi connectivity index (χ4v) is 8.68. The lowest BCUT2D eigenvalue weighted by Crippen LogP contribution is -2.09. The number of nitrogens with zero attached hydrogens (tertiary/aromatic N) is 2. The summed E-state index contributed by atoms with van der Waals surface area (Å²) in [5.41, 5.74) is 14.1. The molecule has 52 heavy (non-hydrogen) atoms. The highest BCUT2D eigenvalue weighted by atomic mass is 32.1. The minimum absolute atomic E-state index is 1.04. The molecule has 3 heterocycles. The number of hydrogen-bond donors (Lipinski definition) is 0. The van der Waals surface area contributed by atoms with E-state index in [4.69, 9.17) is 0 Å². The molecule has 0 amide bonds. The fraction of sp³-hybridized carbons (Fsp3) is 0. The van der Waals surface area contributed by atoms with Crippen LogP contribution in [0.2, 0.25) is 0 Å². The smallest absolute Gasteiger partial charge is 0.123 e. The van der Waals surface area contributed by atoms with Gasteiger partial charge in [-0.3, -0.25) is 0 Å². The second-order valence-corrected chi connectivity index (χ2v) is 15.3. The number of hydrogen-bond acceptors (Lipinski definition) is 5. The average molecular weight is 721 g/mol. The molecule has 5 heteroatoms. The van der Waals surface area contributed by atoms with Crippen molar-refractivity contribution in [3.8, 4) is 64.8 Å². The minimum Gasteiger partial charge on any atom is -0.311 e. The Labute approximate surface area is 316 Å². The average Bonchev–Trinajstić information content (AvgIpc) is 4.05. The zero-order chi connectivity index (χ0) is 34.7. The van der Waals surface area contributed by atoms with Gasteiger partial charge in [0.2, 0.25) is 0 Å². The molecule has 0 saturated carbocycles. The summed E-state index contributed by atoms with van der Waals surface area (Å²) in [7, 11) is 0. The van der Waals surface area contributed by atoms with Gasteiger partial charge in [0.15, 0.2) is 0 Å². The summed E-state index contributed by atoms with van der Waals surface area (Å²) in [6.45, 7) is 0. The Balaban J connectivity index is 1.02. The summed E-state index contributed by atoms with van der Waals surface area (Å²) in [4.78, 5) is 9.38. The Morgan fingerprint density at radius 2 is 0.635 bits per heavy atom. The van der Waals surface area contributed by atoms with Crippen molar-refractivity contribution in [2.24, 2.45) is 0 Å². The number of anilines is 3. The highest BCUT2D eigenvalue weighted by Gasteiger charge is 2.14. The van der Waals surface area contributed by atoms with Crippen molar-refractivity contribution in [1.82, 2.24) is 4.98 Å². The molecule has 0 N–H and O–H groups in total. The summed E-state index contributed by atoms with van der Waals surface area (Å²) in [5.74, 6) is 0. The van der Waals surface area contributed by atoms with Crippen LogP contribution in [0.5, 0.6) is 0 Å². The molecule has 0 aliphatic heterocycles. The summed E-state index contributed by atoms with van der Waals surface area (Å²) in [5, 5.41) is 7.31. The molecular weight excluding hydrogens is 689 g/mol. The monoisotopic (exact) mass is 720 g/mol. The van der Waals surface area contributed by atoms with Crippen LogP contribution < -0.4 is 4.90 Å². The van der Waals surface area contributed by atoms with Gasteiger partial charge in [-0.1, -0.05) is 121 Å². The van der Waals surface area contributed by atoms with Gasteiger partial charge in [-0.25, -0.2) is 4.98 Å². The third-order valence-electron chi connectivity index (χ3n) is 9.32. The van der Waals surface area contributed by atoms with Gasteiger partial charge in [-0.15, -0.1) is 34.0 Å². The van der Waals surface area contributed by atoms with Gasteiger partial charge in [0, 0.05) is 44.0 Å². The molecule has 9 aromatic rings. The molecule has 248 valence electrons. The van der Waals surface area contributed by atoms with E-state index in [9.17, 15) is 0 Å². The molecule has 9 rings (SSSR count). The van der Waals surface area contributed by atoms with Gasteiger partial charge >= 0.3 is 0 Å². The highest BCUT2D eigenvalue weighted by Crippen LogP contribution is 2.38. The molecule has 0 aliphatic rings. The van der Waals surface area contributed by atoms with Crippen molar-refractivity contribution in [3.63, 3.8) is 0 Å². The van der Waals surface area contributed by atoms with Gasteiger partial charge in [-0.05, 0) is 104 Å². The van der Waals surface area contributed by atoms with Crippen molar-refractivity contribution < 1.29 is 0 Å². The van der Waals surface area contributed by atoms with Gasteiger partial charge in [0.05, 0.1) is 0 Å². The molecule has 0 spiro atoms. The Kier molecular flexibility index (Phi) is 8.89. The lowest BCUT2D eigenvalue weighted by atomic mass is 10.0. The second kappa shape index (κ2) is 14.4. The van der Waals surface area contributed by atoms with E-state index in [-0.39, 0.29) is 0 Å². The van der Waals surface area contributed by atoms with Gasteiger partial charge in [0.25, 0.3) is 0 Å². The number of aromatic nitrogens is 1. The predicted octanol–water partition coefficient (Wildman–Crippen LogP) is 14.7. The van der Waals surface area contributed by atoms with E-state index < -0.39 is 0 Å². The normalized spacial score (nSPS) is 11.1. The lowest BCUT2D eigenvalue weighted by Gasteiger charge is -2.26. The first-order chi connectivity index (χ1) is 25.7. The van der Waals surface area contributed by atoms with E-state index >= 15 is 0 Å². The Bertz CT molecular complexity index is 2190. The van der Waals surface area contributed by atoms with Crippen molar-refractivity contribution in [2.75, 3.05) is 4.90 Å². The fourth-order valence-electron chi connectivity index (χ4n) is 6.57. The summed E-state index contributed by atoms with van der Waals surface area (Å²) >= 11 is 5.20. The maximum absolute atomic E-state index is 4.46.